The van der Waals surface area contributed by atoms with Crippen molar-refractivity contribution < 1.29 is 0 Å². The van der Waals surface area contributed by atoms with E-state index in [0.717, 1.165) is 31.7 Å². The highest BCUT2D eigenvalue weighted by atomic mass is 35.5. The van der Waals surface area contributed by atoms with E-state index in [9.17, 15) is 0 Å². The number of hydrogen-bond donors (Lipinski definition) is 2. The first kappa shape index (κ1) is 18.5. The molecule has 22 heavy (non-hydrogen) atoms. The van der Waals surface area contributed by atoms with Crippen molar-refractivity contribution in [2.75, 3.05) is 33.2 Å². The number of halogens is 2. The van der Waals surface area contributed by atoms with Gasteiger partial charge in [0.1, 0.15) is 0 Å². The zero-order valence-corrected chi connectivity index (χ0v) is 14.1. The van der Waals surface area contributed by atoms with Gasteiger partial charge in [-0.15, -0.1) is 12.4 Å². The van der Waals surface area contributed by atoms with E-state index in [1.807, 2.05) is 29.2 Å². The third kappa shape index (κ3) is 5.71. The third-order valence-corrected chi connectivity index (χ3v) is 3.65. The zero-order valence-electron chi connectivity index (χ0n) is 12.6. The minimum atomic E-state index is 0. The average Bonchev–Trinajstić information content (AvgIpc) is 2.47. The summed E-state index contributed by atoms with van der Waals surface area (Å²) < 4.78 is 0. The van der Waals surface area contributed by atoms with Crippen molar-refractivity contribution in [1.29, 1.82) is 0 Å². The molecule has 0 aromatic heterocycles. The predicted molar refractivity (Wildman–Crippen MR) is 94.7 cm³/mol. The Morgan fingerprint density at radius 2 is 1.73 bits per heavy atom. The van der Waals surface area contributed by atoms with Gasteiger partial charge in [-0.25, -0.2) is 4.99 Å². The molecule has 0 bridgehead atoms. The lowest BCUT2D eigenvalue weighted by Gasteiger charge is -2.32. The lowest BCUT2D eigenvalue weighted by Crippen LogP contribution is -2.50. The summed E-state index contributed by atoms with van der Waals surface area (Å²) in [5.74, 6) is 0.627. The lowest BCUT2D eigenvalue weighted by molar-refractivity contribution is 0.214. The molecule has 8 heteroatoms. The molecule has 6 nitrogen and oxygen atoms in total. The average molecular weight is 345 g/mol. The summed E-state index contributed by atoms with van der Waals surface area (Å²) in [7, 11) is 2.09. The molecule has 0 saturated carbocycles. The summed E-state index contributed by atoms with van der Waals surface area (Å²) in [4.78, 5) is 12.7. The number of nitrogens with zero attached hydrogens (tertiary/aromatic N) is 4. The van der Waals surface area contributed by atoms with E-state index in [4.69, 9.17) is 23.1 Å². The molecule has 4 N–H and O–H groups in total. The highest BCUT2D eigenvalue weighted by Gasteiger charge is 2.15. The highest BCUT2D eigenvalue weighted by Crippen LogP contribution is 2.10. The molecule has 1 aliphatic rings. The van der Waals surface area contributed by atoms with Crippen molar-refractivity contribution >= 4 is 35.9 Å². The van der Waals surface area contributed by atoms with Gasteiger partial charge in [-0.05, 0) is 24.7 Å². The molecule has 0 atom stereocenters. The number of hydrogen-bond acceptors (Lipinski definition) is 2. The summed E-state index contributed by atoms with van der Waals surface area (Å²) >= 11 is 5.83. The van der Waals surface area contributed by atoms with Crippen LogP contribution in [0.5, 0.6) is 0 Å². The van der Waals surface area contributed by atoms with Crippen molar-refractivity contribution in [1.82, 2.24) is 9.80 Å². The van der Waals surface area contributed by atoms with Gasteiger partial charge in [0.15, 0.2) is 5.96 Å². The molecule has 1 aromatic rings. The second-order valence-corrected chi connectivity index (χ2v) is 5.50. The molecule has 1 saturated heterocycles. The van der Waals surface area contributed by atoms with Crippen LogP contribution in [0.1, 0.15) is 5.56 Å². The number of aliphatic imine (C=N–C) groups is 2. The van der Waals surface area contributed by atoms with Crippen molar-refractivity contribution in [3.63, 3.8) is 0 Å². The predicted octanol–water partition coefficient (Wildman–Crippen LogP) is 1.14. The van der Waals surface area contributed by atoms with E-state index < -0.39 is 0 Å². The molecular weight excluding hydrogens is 323 g/mol. The van der Waals surface area contributed by atoms with E-state index in [1.54, 1.807) is 0 Å². The van der Waals surface area contributed by atoms with E-state index in [1.165, 1.54) is 0 Å². The quantitative estimate of drug-likeness (QED) is 0.622. The fraction of sp³-hybridized carbons (Fsp3) is 0.429. The van der Waals surface area contributed by atoms with Crippen LogP contribution in [-0.2, 0) is 6.54 Å². The minimum Gasteiger partial charge on any atom is -0.369 e. The zero-order chi connectivity index (χ0) is 15.2. The first-order valence-electron chi connectivity index (χ1n) is 6.86. The van der Waals surface area contributed by atoms with Crippen LogP contribution in [0.4, 0.5) is 0 Å². The second-order valence-electron chi connectivity index (χ2n) is 5.06. The van der Waals surface area contributed by atoms with E-state index >= 15 is 0 Å². The Balaban J connectivity index is 0.00000242. The fourth-order valence-corrected chi connectivity index (χ4v) is 2.15. The number of piperazine rings is 1. The van der Waals surface area contributed by atoms with Gasteiger partial charge in [-0.2, -0.15) is 4.99 Å². The maximum absolute atomic E-state index is 5.96. The third-order valence-electron chi connectivity index (χ3n) is 3.39. The van der Waals surface area contributed by atoms with Crippen LogP contribution in [-0.4, -0.2) is 54.9 Å². The molecule has 0 radical (unpaired) electrons. The van der Waals surface area contributed by atoms with Crippen LogP contribution in [0, 0.1) is 0 Å². The van der Waals surface area contributed by atoms with E-state index in [0.29, 0.717) is 17.5 Å². The molecule has 1 heterocycles. The summed E-state index contributed by atoms with van der Waals surface area (Å²) in [5, 5.41) is 0.702. The first-order chi connectivity index (χ1) is 10.0. The maximum Gasteiger partial charge on any atom is 0.218 e. The van der Waals surface area contributed by atoms with Crippen LogP contribution in [0.15, 0.2) is 34.3 Å². The first-order valence-corrected chi connectivity index (χ1v) is 7.24. The van der Waals surface area contributed by atoms with Crippen LogP contribution in [0.3, 0.4) is 0 Å². The molecule has 0 spiro atoms. The number of guanidine groups is 2. The number of likely N-dealkylation sites (N-methyl/N-ethyl adjacent to an activating group) is 1. The van der Waals surface area contributed by atoms with E-state index in [-0.39, 0.29) is 18.4 Å². The monoisotopic (exact) mass is 344 g/mol. The Bertz CT molecular complexity index is 521. The molecule has 2 rings (SSSR count). The Kier molecular flexibility index (Phi) is 7.44. The molecule has 0 amide bonds. The molecular formula is C14H22Cl2N6. The molecule has 1 aromatic carbocycles. The number of rotatable bonds is 2. The topological polar surface area (TPSA) is 83.2 Å². The standard InChI is InChI=1S/C14H21ClN6.ClH/c1-20-6-8-21(9-7-20)14(17)19-13(16)18-10-11-2-4-12(15)5-3-11;/h2-5H,6-10H2,1H3,(H4,16,17,18,19);1H. The Labute approximate surface area is 142 Å². The minimum absolute atomic E-state index is 0. The summed E-state index contributed by atoms with van der Waals surface area (Å²) in [6.45, 7) is 4.12. The Hall–Kier alpha value is -1.50. The van der Waals surface area contributed by atoms with Crippen LogP contribution in [0.2, 0.25) is 5.02 Å². The normalized spacial score (nSPS) is 17.3. The van der Waals surface area contributed by atoms with Gasteiger partial charge in [0.2, 0.25) is 5.96 Å². The molecule has 0 aliphatic carbocycles. The van der Waals surface area contributed by atoms with Gasteiger partial charge in [-0.1, -0.05) is 23.7 Å². The summed E-state index contributed by atoms with van der Waals surface area (Å²) in [5.41, 5.74) is 12.8. The fourth-order valence-electron chi connectivity index (χ4n) is 2.02. The largest absolute Gasteiger partial charge is 0.369 e. The summed E-state index contributed by atoms with van der Waals surface area (Å²) in [6, 6.07) is 7.47. The van der Waals surface area contributed by atoms with Gasteiger partial charge in [0.05, 0.1) is 6.54 Å². The Morgan fingerprint density at radius 3 is 2.32 bits per heavy atom. The van der Waals surface area contributed by atoms with Crippen LogP contribution >= 0.6 is 24.0 Å². The smallest absolute Gasteiger partial charge is 0.218 e. The number of nitrogens with two attached hydrogens (primary N) is 2. The SMILES string of the molecule is CN1CCN(C(N)=NC(N)=NCc2ccc(Cl)cc2)CC1.Cl. The van der Waals surface area contributed by atoms with Gasteiger partial charge in [0.25, 0.3) is 0 Å². The van der Waals surface area contributed by atoms with Crippen LogP contribution in [0.25, 0.3) is 0 Å². The molecule has 122 valence electrons. The second kappa shape index (κ2) is 8.82. The van der Waals surface area contributed by atoms with Gasteiger partial charge in [-0.3, -0.25) is 0 Å². The molecule has 1 aliphatic heterocycles. The van der Waals surface area contributed by atoms with Crippen molar-refractivity contribution in [2.45, 2.75) is 6.54 Å². The Morgan fingerprint density at radius 1 is 1.14 bits per heavy atom. The molecule has 1 fully saturated rings. The lowest BCUT2D eigenvalue weighted by atomic mass is 10.2. The van der Waals surface area contributed by atoms with Gasteiger partial charge in [0, 0.05) is 31.2 Å². The highest BCUT2D eigenvalue weighted by molar-refractivity contribution is 6.30. The van der Waals surface area contributed by atoms with Gasteiger partial charge < -0.3 is 21.3 Å². The maximum atomic E-state index is 5.96. The van der Waals surface area contributed by atoms with Gasteiger partial charge >= 0.3 is 0 Å². The van der Waals surface area contributed by atoms with Crippen molar-refractivity contribution in [3.8, 4) is 0 Å². The molecule has 0 unspecified atom stereocenters. The van der Waals surface area contributed by atoms with Crippen LogP contribution < -0.4 is 11.5 Å². The summed E-state index contributed by atoms with van der Waals surface area (Å²) in [6.07, 6.45) is 0. The van der Waals surface area contributed by atoms with E-state index in [2.05, 4.69) is 21.9 Å². The van der Waals surface area contributed by atoms with Crippen molar-refractivity contribution in [3.05, 3.63) is 34.9 Å². The number of benzene rings is 1. The van der Waals surface area contributed by atoms with Crippen molar-refractivity contribution in [2.24, 2.45) is 21.5 Å².